The predicted molar refractivity (Wildman–Crippen MR) is 55.7 cm³/mol. The Hall–Kier alpha value is -1.40. The van der Waals surface area contributed by atoms with E-state index in [2.05, 4.69) is 4.98 Å². The Kier molecular flexibility index (Phi) is 2.93. The highest BCUT2D eigenvalue weighted by Gasteiger charge is 2.36. The lowest BCUT2D eigenvalue weighted by Crippen LogP contribution is -2.35. The maximum absolute atomic E-state index is 11.0. The minimum absolute atomic E-state index is 0.299. The summed E-state index contributed by atoms with van der Waals surface area (Å²) in [6, 6.07) is -0.593. The molecule has 0 aromatic carbocycles. The summed E-state index contributed by atoms with van der Waals surface area (Å²) in [5.41, 5.74) is 0.945. The van der Waals surface area contributed by atoms with E-state index in [1.54, 1.807) is 17.4 Å². The third-order valence-electron chi connectivity index (χ3n) is 2.95. The van der Waals surface area contributed by atoms with E-state index < -0.39 is 18.1 Å². The monoisotopic (exact) mass is 225 g/mol. The Morgan fingerprint density at radius 1 is 1.69 bits per heavy atom. The van der Waals surface area contributed by atoms with Crippen molar-refractivity contribution in [3.63, 3.8) is 0 Å². The van der Waals surface area contributed by atoms with Crippen LogP contribution in [0.25, 0.3) is 0 Å². The average Bonchev–Trinajstić information content (AvgIpc) is 2.75. The summed E-state index contributed by atoms with van der Waals surface area (Å²) < 4.78 is 1.85. The van der Waals surface area contributed by atoms with Crippen molar-refractivity contribution < 1.29 is 15.0 Å². The largest absolute Gasteiger partial charge is 0.480 e. The smallest absolute Gasteiger partial charge is 0.321 e. The zero-order chi connectivity index (χ0) is 11.7. The van der Waals surface area contributed by atoms with Gasteiger partial charge in [-0.1, -0.05) is 0 Å². The van der Waals surface area contributed by atoms with Crippen molar-refractivity contribution in [3.8, 4) is 0 Å². The molecular formula is C10H15N3O3. The van der Waals surface area contributed by atoms with Gasteiger partial charge >= 0.3 is 5.97 Å². The maximum atomic E-state index is 11.0. The number of aliphatic carboxylic acids is 1. The van der Waals surface area contributed by atoms with Gasteiger partial charge in [0, 0.05) is 32.8 Å². The Bertz CT molecular complexity index is 390. The van der Waals surface area contributed by atoms with E-state index in [4.69, 9.17) is 5.11 Å². The van der Waals surface area contributed by atoms with Crippen molar-refractivity contribution in [2.75, 3.05) is 6.54 Å². The van der Waals surface area contributed by atoms with Crippen LogP contribution in [0.1, 0.15) is 12.1 Å². The molecule has 1 fully saturated rings. The Morgan fingerprint density at radius 3 is 3.00 bits per heavy atom. The molecular weight excluding hydrogens is 210 g/mol. The number of carbonyl (C=O) groups is 1. The molecule has 2 N–H and O–H groups in total. The fourth-order valence-corrected chi connectivity index (χ4v) is 2.06. The third kappa shape index (κ3) is 2.07. The maximum Gasteiger partial charge on any atom is 0.321 e. The minimum Gasteiger partial charge on any atom is -0.480 e. The molecule has 16 heavy (non-hydrogen) atoms. The number of nitrogens with zero attached hydrogens (tertiary/aromatic N) is 3. The molecule has 0 spiro atoms. The van der Waals surface area contributed by atoms with Gasteiger partial charge in [-0.2, -0.15) is 0 Å². The first-order chi connectivity index (χ1) is 7.58. The average molecular weight is 225 g/mol. The van der Waals surface area contributed by atoms with Crippen LogP contribution < -0.4 is 0 Å². The van der Waals surface area contributed by atoms with Gasteiger partial charge in [0.2, 0.25) is 0 Å². The molecule has 0 aliphatic carbocycles. The van der Waals surface area contributed by atoms with Gasteiger partial charge in [-0.15, -0.1) is 0 Å². The van der Waals surface area contributed by atoms with Crippen molar-refractivity contribution in [3.05, 3.63) is 18.2 Å². The molecule has 2 unspecified atom stereocenters. The first-order valence-corrected chi connectivity index (χ1v) is 5.18. The summed E-state index contributed by atoms with van der Waals surface area (Å²) in [6.45, 7) is 0.909. The molecule has 1 aliphatic heterocycles. The summed E-state index contributed by atoms with van der Waals surface area (Å²) in [4.78, 5) is 16.7. The van der Waals surface area contributed by atoms with Crippen LogP contribution in [-0.2, 0) is 18.4 Å². The van der Waals surface area contributed by atoms with Crippen LogP contribution in [0.3, 0.4) is 0 Å². The van der Waals surface area contributed by atoms with Gasteiger partial charge < -0.3 is 14.8 Å². The van der Waals surface area contributed by atoms with Crippen LogP contribution in [0, 0.1) is 0 Å². The van der Waals surface area contributed by atoms with E-state index in [1.807, 2.05) is 11.6 Å². The van der Waals surface area contributed by atoms with Gasteiger partial charge in [0.1, 0.15) is 6.04 Å². The number of hydrogen-bond donors (Lipinski definition) is 2. The van der Waals surface area contributed by atoms with Gasteiger partial charge in [-0.25, -0.2) is 4.98 Å². The lowest BCUT2D eigenvalue weighted by Gasteiger charge is -2.20. The van der Waals surface area contributed by atoms with Crippen LogP contribution in [0.4, 0.5) is 0 Å². The molecule has 1 aromatic heterocycles. The molecule has 0 amide bonds. The first kappa shape index (κ1) is 11.1. The second-order valence-electron chi connectivity index (χ2n) is 4.17. The molecule has 0 bridgehead atoms. The van der Waals surface area contributed by atoms with E-state index in [1.165, 1.54) is 0 Å². The highest BCUT2D eigenvalue weighted by molar-refractivity contribution is 5.74. The number of aliphatic hydroxyl groups is 1. The number of rotatable bonds is 3. The Balaban J connectivity index is 2.09. The van der Waals surface area contributed by atoms with Gasteiger partial charge in [0.15, 0.2) is 0 Å². The lowest BCUT2D eigenvalue weighted by molar-refractivity contribution is -0.142. The minimum atomic E-state index is -0.876. The molecule has 0 radical (unpaired) electrons. The lowest BCUT2D eigenvalue weighted by atomic mass is 10.2. The number of carboxylic acid groups (broad SMARTS) is 1. The third-order valence-corrected chi connectivity index (χ3v) is 2.95. The molecule has 6 heteroatoms. The molecule has 0 saturated carbocycles. The quantitative estimate of drug-likeness (QED) is 0.721. The highest BCUT2D eigenvalue weighted by Crippen LogP contribution is 2.20. The van der Waals surface area contributed by atoms with Crippen molar-refractivity contribution >= 4 is 5.97 Å². The van der Waals surface area contributed by atoms with Crippen molar-refractivity contribution in [2.45, 2.75) is 25.1 Å². The van der Waals surface area contributed by atoms with Gasteiger partial charge in [0.05, 0.1) is 18.1 Å². The van der Waals surface area contributed by atoms with Crippen molar-refractivity contribution in [1.82, 2.24) is 14.5 Å². The summed E-state index contributed by atoms with van der Waals surface area (Å²) in [6.07, 6.45) is 3.14. The second-order valence-corrected chi connectivity index (χ2v) is 4.17. The fraction of sp³-hybridized carbons (Fsp3) is 0.600. The molecule has 2 atom stereocenters. The first-order valence-electron chi connectivity index (χ1n) is 5.18. The number of aryl methyl sites for hydroxylation is 1. The fourth-order valence-electron chi connectivity index (χ4n) is 2.06. The number of imidazole rings is 1. The van der Waals surface area contributed by atoms with E-state index in [9.17, 15) is 9.90 Å². The number of β-amino-alcohol motifs (C(OH)–C–C–N with tert-alkyl or cyclic N) is 1. The zero-order valence-corrected chi connectivity index (χ0v) is 9.08. The number of aliphatic hydroxyl groups excluding tert-OH is 1. The highest BCUT2D eigenvalue weighted by atomic mass is 16.4. The van der Waals surface area contributed by atoms with Gasteiger partial charge in [-0.05, 0) is 0 Å². The molecule has 1 aliphatic rings. The van der Waals surface area contributed by atoms with E-state index in [0.717, 1.165) is 5.69 Å². The van der Waals surface area contributed by atoms with Crippen LogP contribution in [0.2, 0.25) is 0 Å². The van der Waals surface area contributed by atoms with E-state index in [0.29, 0.717) is 19.5 Å². The second kappa shape index (κ2) is 4.23. The summed E-state index contributed by atoms with van der Waals surface area (Å²) in [5, 5.41) is 18.5. The van der Waals surface area contributed by atoms with E-state index in [-0.39, 0.29) is 0 Å². The summed E-state index contributed by atoms with van der Waals surface area (Å²) >= 11 is 0. The molecule has 2 heterocycles. The Morgan fingerprint density at radius 2 is 2.44 bits per heavy atom. The number of hydrogen-bond acceptors (Lipinski definition) is 4. The molecule has 88 valence electrons. The summed E-state index contributed by atoms with van der Waals surface area (Å²) in [7, 11) is 1.87. The van der Waals surface area contributed by atoms with E-state index >= 15 is 0 Å². The number of aromatic nitrogens is 2. The molecule has 6 nitrogen and oxygen atoms in total. The van der Waals surface area contributed by atoms with Crippen LogP contribution in [0.15, 0.2) is 12.5 Å². The van der Waals surface area contributed by atoms with Crippen LogP contribution >= 0.6 is 0 Å². The topological polar surface area (TPSA) is 78.6 Å². The number of carboxylic acids is 1. The summed E-state index contributed by atoms with van der Waals surface area (Å²) in [5.74, 6) is -0.876. The molecule has 1 aromatic rings. The van der Waals surface area contributed by atoms with Crippen molar-refractivity contribution in [2.24, 2.45) is 7.05 Å². The van der Waals surface area contributed by atoms with Gasteiger partial charge in [-0.3, -0.25) is 9.69 Å². The molecule has 2 rings (SSSR count). The Labute approximate surface area is 93.1 Å². The van der Waals surface area contributed by atoms with Crippen LogP contribution in [0.5, 0.6) is 0 Å². The SMILES string of the molecule is Cn1cncc1CN1CC(O)CC1C(=O)O. The van der Waals surface area contributed by atoms with Crippen molar-refractivity contribution in [1.29, 1.82) is 0 Å². The van der Waals surface area contributed by atoms with Gasteiger partial charge in [0.25, 0.3) is 0 Å². The normalized spacial score (nSPS) is 26.1. The molecule has 1 saturated heterocycles. The van der Waals surface area contributed by atoms with Crippen LogP contribution in [-0.4, -0.2) is 49.3 Å². The zero-order valence-electron chi connectivity index (χ0n) is 9.08. The standard InChI is InChI=1S/C10H15N3O3/c1-12-6-11-3-7(12)4-13-5-8(14)2-9(13)10(15)16/h3,6,8-9,14H,2,4-5H2,1H3,(H,15,16). The predicted octanol–water partition coefficient (Wildman–Crippen LogP) is -0.560. The number of likely N-dealkylation sites (tertiary alicyclic amines) is 1.